The molecule has 2 heterocycles. The van der Waals surface area contributed by atoms with Crippen molar-refractivity contribution in [3.63, 3.8) is 0 Å². The smallest absolute Gasteiger partial charge is 0.410 e. The van der Waals surface area contributed by atoms with E-state index in [9.17, 15) is 19.2 Å². The summed E-state index contributed by atoms with van der Waals surface area (Å²) in [7, 11) is 0. The highest BCUT2D eigenvalue weighted by Crippen LogP contribution is 2.25. The predicted molar refractivity (Wildman–Crippen MR) is 159 cm³/mol. The Kier molecular flexibility index (Phi) is 10.1. The second kappa shape index (κ2) is 13.5. The normalized spacial score (nSPS) is 17.5. The summed E-state index contributed by atoms with van der Waals surface area (Å²) in [6.45, 7) is 6.68. The fourth-order valence-corrected chi connectivity index (χ4v) is 4.92. The number of anilines is 1. The van der Waals surface area contributed by atoms with Crippen molar-refractivity contribution in [2.24, 2.45) is 0 Å². The monoisotopic (exact) mass is 619 g/mol. The van der Waals surface area contributed by atoms with Gasteiger partial charge in [-0.1, -0.05) is 53.5 Å². The number of carbonyl (C=O) groups excluding carboxylic acids is 4. The van der Waals surface area contributed by atoms with Crippen LogP contribution in [0.3, 0.4) is 0 Å². The largest absolute Gasteiger partial charge is 0.445 e. The lowest BCUT2D eigenvalue weighted by Crippen LogP contribution is -2.64. The first-order valence-corrected chi connectivity index (χ1v) is 14.4. The van der Waals surface area contributed by atoms with Gasteiger partial charge in [0.15, 0.2) is 0 Å². The van der Waals surface area contributed by atoms with Gasteiger partial charge < -0.3 is 29.5 Å². The Labute approximate surface area is 255 Å². The summed E-state index contributed by atoms with van der Waals surface area (Å²) < 4.78 is 11.1. The number of carbonyl (C=O) groups is 4. The third-order valence-corrected chi connectivity index (χ3v) is 7.55. The molecular weight excluding hydrogens is 585 g/mol. The molecule has 2 aromatic carbocycles. The van der Waals surface area contributed by atoms with Crippen molar-refractivity contribution in [1.29, 1.82) is 0 Å². The van der Waals surface area contributed by atoms with E-state index in [1.807, 2.05) is 30.3 Å². The molecular formula is C29H35Cl2N5O6. The molecule has 0 aliphatic carbocycles. The van der Waals surface area contributed by atoms with Gasteiger partial charge in [-0.25, -0.2) is 14.4 Å². The Morgan fingerprint density at radius 2 is 1.48 bits per heavy atom. The van der Waals surface area contributed by atoms with E-state index in [0.29, 0.717) is 15.7 Å². The van der Waals surface area contributed by atoms with Crippen LogP contribution >= 0.6 is 23.2 Å². The van der Waals surface area contributed by atoms with Crippen molar-refractivity contribution >= 4 is 53.0 Å². The molecule has 2 aliphatic heterocycles. The molecule has 226 valence electrons. The van der Waals surface area contributed by atoms with Gasteiger partial charge in [-0.05, 0) is 44.5 Å². The zero-order valence-electron chi connectivity index (χ0n) is 23.8. The van der Waals surface area contributed by atoms with Crippen molar-refractivity contribution in [3.8, 4) is 0 Å². The lowest BCUT2D eigenvalue weighted by atomic mass is 10.1. The molecule has 1 N–H and O–H groups in total. The molecule has 42 heavy (non-hydrogen) atoms. The number of nitrogens with zero attached hydrogens (tertiary/aromatic N) is 4. The van der Waals surface area contributed by atoms with Gasteiger partial charge in [0, 0.05) is 45.0 Å². The summed E-state index contributed by atoms with van der Waals surface area (Å²) in [4.78, 5) is 58.6. The van der Waals surface area contributed by atoms with E-state index in [0.717, 1.165) is 5.56 Å². The number of nitrogens with one attached hydrogen (secondary N) is 1. The van der Waals surface area contributed by atoms with Gasteiger partial charge in [0.25, 0.3) is 0 Å². The minimum absolute atomic E-state index is 0.0355. The molecule has 0 bridgehead atoms. The number of hydrogen-bond acceptors (Lipinski definition) is 6. The molecule has 0 spiro atoms. The molecule has 1 unspecified atom stereocenters. The van der Waals surface area contributed by atoms with E-state index in [1.165, 1.54) is 9.80 Å². The van der Waals surface area contributed by atoms with E-state index >= 15 is 0 Å². The summed E-state index contributed by atoms with van der Waals surface area (Å²) in [5.41, 5.74) is 0.606. The molecule has 2 aliphatic rings. The van der Waals surface area contributed by atoms with Crippen molar-refractivity contribution in [2.45, 2.75) is 39.0 Å². The molecule has 2 aromatic rings. The van der Waals surface area contributed by atoms with E-state index in [-0.39, 0.29) is 64.4 Å². The first-order valence-electron chi connectivity index (χ1n) is 13.7. The number of halogens is 2. The van der Waals surface area contributed by atoms with Crippen LogP contribution in [0.1, 0.15) is 26.3 Å². The third kappa shape index (κ3) is 8.19. The van der Waals surface area contributed by atoms with Crippen LogP contribution < -0.4 is 5.32 Å². The van der Waals surface area contributed by atoms with Gasteiger partial charge in [-0.2, -0.15) is 0 Å². The fourth-order valence-electron chi connectivity index (χ4n) is 4.62. The zero-order chi connectivity index (χ0) is 30.4. The number of hydrogen-bond donors (Lipinski definition) is 1. The summed E-state index contributed by atoms with van der Waals surface area (Å²) in [6.07, 6.45) is -1.19. The van der Waals surface area contributed by atoms with Crippen LogP contribution in [0.4, 0.5) is 20.1 Å². The first-order chi connectivity index (χ1) is 19.9. The summed E-state index contributed by atoms with van der Waals surface area (Å²) in [5.74, 6) is -0.329. The third-order valence-electron chi connectivity index (χ3n) is 6.81. The lowest BCUT2D eigenvalue weighted by molar-refractivity contribution is -0.140. The number of ether oxygens (including phenoxy) is 2. The molecule has 11 nitrogen and oxygen atoms in total. The molecule has 4 rings (SSSR count). The molecule has 2 fully saturated rings. The molecule has 0 radical (unpaired) electrons. The number of piperazine rings is 2. The van der Waals surface area contributed by atoms with Gasteiger partial charge in [0.2, 0.25) is 5.91 Å². The number of urea groups is 1. The summed E-state index contributed by atoms with van der Waals surface area (Å²) in [6, 6.07) is 12.7. The number of rotatable bonds is 4. The van der Waals surface area contributed by atoms with Crippen molar-refractivity contribution in [3.05, 3.63) is 64.1 Å². The molecule has 5 amide bonds. The second-order valence-electron chi connectivity index (χ2n) is 11.0. The SMILES string of the molecule is CC(C)(C)OC(=O)N1CCN(C(=O)OCc2ccccc2)C(C(=O)N2CCN(C(=O)Nc3ccc(Cl)c(Cl)c3)CC2)C1. The van der Waals surface area contributed by atoms with Crippen LogP contribution in [-0.2, 0) is 20.9 Å². The standard InChI is InChI=1S/C29H35Cl2N5O6/c1-29(2,3)42-27(39)35-15-16-36(28(40)41-19-20-7-5-4-6-8-20)24(18-35)25(37)33-11-13-34(14-12-33)26(38)32-21-9-10-22(30)23(31)17-21/h4-10,17,24H,11-16,18-19H2,1-3H3,(H,32,38). The molecule has 1 atom stereocenters. The van der Waals surface area contributed by atoms with Crippen molar-refractivity contribution in [1.82, 2.24) is 19.6 Å². The molecule has 0 saturated carbocycles. The van der Waals surface area contributed by atoms with Crippen LogP contribution in [0.5, 0.6) is 0 Å². The maximum Gasteiger partial charge on any atom is 0.410 e. The van der Waals surface area contributed by atoms with Crippen LogP contribution in [0.25, 0.3) is 0 Å². The van der Waals surface area contributed by atoms with E-state index in [2.05, 4.69) is 5.32 Å². The summed E-state index contributed by atoms with van der Waals surface area (Å²) >= 11 is 12.0. The minimum Gasteiger partial charge on any atom is -0.445 e. The average Bonchev–Trinajstić information content (AvgIpc) is 2.97. The molecule has 13 heteroatoms. The second-order valence-corrected chi connectivity index (χ2v) is 11.9. The maximum absolute atomic E-state index is 13.8. The lowest BCUT2D eigenvalue weighted by Gasteiger charge is -2.43. The highest BCUT2D eigenvalue weighted by atomic mass is 35.5. The van der Waals surface area contributed by atoms with Crippen LogP contribution in [0.15, 0.2) is 48.5 Å². The van der Waals surface area contributed by atoms with Crippen molar-refractivity contribution < 1.29 is 28.7 Å². The Bertz CT molecular complexity index is 1300. The van der Waals surface area contributed by atoms with Gasteiger partial charge in [0.1, 0.15) is 18.2 Å². The summed E-state index contributed by atoms with van der Waals surface area (Å²) in [5, 5.41) is 3.49. The number of benzene rings is 2. The first kappa shape index (κ1) is 31.2. The Morgan fingerprint density at radius 1 is 0.833 bits per heavy atom. The highest BCUT2D eigenvalue weighted by molar-refractivity contribution is 6.42. The minimum atomic E-state index is -0.967. The maximum atomic E-state index is 13.8. The quantitative estimate of drug-likeness (QED) is 0.519. The van der Waals surface area contributed by atoms with Crippen LogP contribution in [0, 0.1) is 0 Å². The van der Waals surface area contributed by atoms with Crippen LogP contribution in [0.2, 0.25) is 10.0 Å². The van der Waals surface area contributed by atoms with Crippen molar-refractivity contribution in [2.75, 3.05) is 51.1 Å². The van der Waals surface area contributed by atoms with E-state index < -0.39 is 23.8 Å². The van der Waals surface area contributed by atoms with Gasteiger partial charge in [-0.15, -0.1) is 0 Å². The van der Waals surface area contributed by atoms with Crippen LogP contribution in [-0.4, -0.2) is 101 Å². The van der Waals surface area contributed by atoms with Gasteiger partial charge in [0.05, 0.1) is 16.6 Å². The topological polar surface area (TPSA) is 112 Å². The highest BCUT2D eigenvalue weighted by Gasteiger charge is 2.41. The van der Waals surface area contributed by atoms with Gasteiger partial charge >= 0.3 is 18.2 Å². The fraction of sp³-hybridized carbons (Fsp3) is 0.448. The Morgan fingerprint density at radius 3 is 2.12 bits per heavy atom. The van der Waals surface area contributed by atoms with E-state index in [4.69, 9.17) is 32.7 Å². The van der Waals surface area contributed by atoms with Gasteiger partial charge in [-0.3, -0.25) is 9.69 Å². The average molecular weight is 621 g/mol. The Balaban J connectivity index is 1.41. The predicted octanol–water partition coefficient (Wildman–Crippen LogP) is 4.93. The van der Waals surface area contributed by atoms with E-state index in [1.54, 1.807) is 48.8 Å². The number of amides is 5. The molecule has 2 saturated heterocycles. The Hall–Kier alpha value is -3.70. The molecule has 0 aromatic heterocycles. The zero-order valence-corrected chi connectivity index (χ0v) is 25.4.